The topological polar surface area (TPSA) is 97.8 Å². The van der Waals surface area contributed by atoms with Crippen molar-refractivity contribution in [2.45, 2.75) is 38.0 Å². The minimum Gasteiger partial charge on any atom is -0.503 e. The van der Waals surface area contributed by atoms with E-state index >= 15 is 0 Å². The molecule has 0 aliphatic carbocycles. The number of halogens is 5. The molecule has 0 saturated carbocycles. The number of aromatic nitrogens is 7. The number of phenolic OH excluding ortho intramolecular Hbond substituents is 1. The SMILES string of the molecule is Cn1nc(-c2cc(C(F)(F)F)c(F)c(O)c2F)c2cnc(N3CCCCC3Cn3cncn3)nc21. The predicted molar refractivity (Wildman–Crippen MR) is 113 cm³/mol. The second-order valence-electron chi connectivity index (χ2n) is 8.29. The van der Waals surface area contributed by atoms with E-state index < -0.39 is 34.7 Å². The van der Waals surface area contributed by atoms with E-state index in [1.807, 2.05) is 4.90 Å². The van der Waals surface area contributed by atoms with Crippen LogP contribution in [0.1, 0.15) is 24.8 Å². The van der Waals surface area contributed by atoms with Crippen molar-refractivity contribution in [2.75, 3.05) is 11.4 Å². The van der Waals surface area contributed by atoms with E-state index in [0.717, 1.165) is 19.3 Å². The van der Waals surface area contributed by atoms with Crippen molar-refractivity contribution in [3.63, 3.8) is 0 Å². The first-order valence-corrected chi connectivity index (χ1v) is 10.7. The zero-order chi connectivity index (χ0) is 24.9. The fourth-order valence-corrected chi connectivity index (χ4v) is 4.36. The van der Waals surface area contributed by atoms with Crippen LogP contribution in [0.3, 0.4) is 0 Å². The van der Waals surface area contributed by atoms with E-state index in [9.17, 15) is 27.1 Å². The summed E-state index contributed by atoms with van der Waals surface area (Å²) in [4.78, 5) is 14.9. The lowest BCUT2D eigenvalue weighted by Gasteiger charge is -2.35. The van der Waals surface area contributed by atoms with Gasteiger partial charge in [-0.05, 0) is 25.3 Å². The molecule has 1 aromatic carbocycles. The number of aryl methyl sites for hydroxylation is 1. The molecule has 1 N–H and O–H groups in total. The maximum absolute atomic E-state index is 14.7. The maximum atomic E-state index is 14.7. The second-order valence-corrected chi connectivity index (χ2v) is 8.29. The third kappa shape index (κ3) is 4.02. The van der Waals surface area contributed by atoms with Gasteiger partial charge in [0.2, 0.25) is 5.95 Å². The average Bonchev–Trinajstić information content (AvgIpc) is 3.45. The fourth-order valence-electron chi connectivity index (χ4n) is 4.36. The Morgan fingerprint density at radius 3 is 2.69 bits per heavy atom. The van der Waals surface area contributed by atoms with Gasteiger partial charge in [0.15, 0.2) is 23.0 Å². The molecule has 1 aliphatic heterocycles. The molecule has 0 spiro atoms. The van der Waals surface area contributed by atoms with E-state index in [0.29, 0.717) is 25.1 Å². The van der Waals surface area contributed by atoms with Gasteiger partial charge < -0.3 is 10.0 Å². The van der Waals surface area contributed by atoms with E-state index in [2.05, 4.69) is 25.1 Å². The van der Waals surface area contributed by atoms with Crippen molar-refractivity contribution in [3.05, 3.63) is 42.1 Å². The number of hydrogen-bond acceptors (Lipinski definition) is 7. The largest absolute Gasteiger partial charge is 0.503 e. The van der Waals surface area contributed by atoms with Crippen molar-refractivity contribution in [2.24, 2.45) is 7.05 Å². The normalized spacial score (nSPS) is 16.9. The molecule has 1 atom stereocenters. The Bertz CT molecular complexity index is 1390. The second kappa shape index (κ2) is 8.43. The minimum atomic E-state index is -5.15. The first-order valence-electron chi connectivity index (χ1n) is 10.7. The van der Waals surface area contributed by atoms with Gasteiger partial charge in [-0.15, -0.1) is 0 Å². The van der Waals surface area contributed by atoms with Gasteiger partial charge in [-0.1, -0.05) is 0 Å². The summed E-state index contributed by atoms with van der Waals surface area (Å²) >= 11 is 0. The van der Waals surface area contributed by atoms with Gasteiger partial charge in [-0.25, -0.2) is 23.4 Å². The quantitative estimate of drug-likeness (QED) is 0.432. The number of nitrogens with zero attached hydrogens (tertiary/aromatic N) is 8. The lowest BCUT2D eigenvalue weighted by Crippen LogP contribution is -2.43. The van der Waals surface area contributed by atoms with Crippen LogP contribution < -0.4 is 4.90 Å². The van der Waals surface area contributed by atoms with E-state index in [-0.39, 0.29) is 22.8 Å². The molecule has 3 aromatic heterocycles. The fraction of sp³-hybridized carbons (Fsp3) is 0.381. The Balaban J connectivity index is 1.57. The Labute approximate surface area is 194 Å². The lowest BCUT2D eigenvalue weighted by molar-refractivity contribution is -0.140. The van der Waals surface area contributed by atoms with Gasteiger partial charge in [0.25, 0.3) is 0 Å². The molecule has 4 heterocycles. The van der Waals surface area contributed by atoms with Crippen LogP contribution in [0.25, 0.3) is 22.3 Å². The number of anilines is 1. The third-order valence-corrected chi connectivity index (χ3v) is 6.05. The molecule has 0 bridgehead atoms. The number of phenols is 1. The molecule has 1 aliphatic rings. The summed E-state index contributed by atoms with van der Waals surface area (Å²) in [5.74, 6) is -4.98. The van der Waals surface area contributed by atoms with E-state index in [1.54, 1.807) is 11.0 Å². The van der Waals surface area contributed by atoms with Gasteiger partial charge in [0, 0.05) is 25.4 Å². The highest BCUT2D eigenvalue weighted by Gasteiger charge is 2.38. The zero-order valence-corrected chi connectivity index (χ0v) is 18.3. The third-order valence-electron chi connectivity index (χ3n) is 6.05. The number of benzene rings is 1. The zero-order valence-electron chi connectivity index (χ0n) is 18.3. The summed E-state index contributed by atoms with van der Waals surface area (Å²) in [5, 5.41) is 18.1. The van der Waals surface area contributed by atoms with Gasteiger partial charge >= 0.3 is 6.18 Å². The number of alkyl halides is 3. The lowest BCUT2D eigenvalue weighted by atomic mass is 10.0. The van der Waals surface area contributed by atoms with Gasteiger partial charge in [0.05, 0.1) is 23.5 Å². The highest BCUT2D eigenvalue weighted by molar-refractivity contribution is 5.91. The van der Waals surface area contributed by atoms with E-state index in [4.69, 9.17) is 0 Å². The van der Waals surface area contributed by atoms with Crippen LogP contribution in [0.15, 0.2) is 24.9 Å². The monoisotopic (exact) mass is 494 g/mol. The Hall–Kier alpha value is -3.84. The van der Waals surface area contributed by atoms with Gasteiger partial charge in [-0.3, -0.25) is 4.68 Å². The molecule has 1 saturated heterocycles. The highest BCUT2D eigenvalue weighted by atomic mass is 19.4. The molecule has 184 valence electrons. The smallest absolute Gasteiger partial charge is 0.419 e. The van der Waals surface area contributed by atoms with Crippen molar-refractivity contribution in [3.8, 4) is 17.0 Å². The van der Waals surface area contributed by atoms with Crippen LogP contribution in [-0.2, 0) is 19.8 Å². The van der Waals surface area contributed by atoms with Crippen molar-refractivity contribution in [1.82, 2.24) is 34.5 Å². The molecule has 0 radical (unpaired) electrons. The van der Waals surface area contributed by atoms with Gasteiger partial charge in [0.1, 0.15) is 18.3 Å². The maximum Gasteiger partial charge on any atom is 0.419 e. The molecule has 1 unspecified atom stereocenters. The predicted octanol–water partition coefficient (Wildman–Crippen LogP) is 3.68. The number of fused-ring (bicyclic) bond motifs is 1. The van der Waals surface area contributed by atoms with Crippen LogP contribution in [0.2, 0.25) is 0 Å². The summed E-state index contributed by atoms with van der Waals surface area (Å²) in [6, 6.07) is 0.329. The molecule has 35 heavy (non-hydrogen) atoms. The molecular formula is C21H19F5N8O. The number of hydrogen-bond donors (Lipinski definition) is 1. The van der Waals surface area contributed by atoms with Crippen LogP contribution >= 0.6 is 0 Å². The van der Waals surface area contributed by atoms with Crippen molar-refractivity contribution in [1.29, 1.82) is 0 Å². The van der Waals surface area contributed by atoms with Crippen LogP contribution in [0.4, 0.5) is 27.9 Å². The highest BCUT2D eigenvalue weighted by Crippen LogP contribution is 2.41. The first-order chi connectivity index (χ1) is 16.6. The molecule has 4 aromatic rings. The number of piperidine rings is 1. The minimum absolute atomic E-state index is 0.0384. The Morgan fingerprint density at radius 1 is 1.17 bits per heavy atom. The molecule has 1 fully saturated rings. The molecule has 5 rings (SSSR count). The summed E-state index contributed by atoms with van der Waals surface area (Å²) in [7, 11) is 1.50. The summed E-state index contributed by atoms with van der Waals surface area (Å²) in [6.07, 6.45) is 2.07. The van der Waals surface area contributed by atoms with Crippen LogP contribution in [0, 0.1) is 11.6 Å². The summed E-state index contributed by atoms with van der Waals surface area (Å²) in [6.45, 7) is 1.25. The van der Waals surface area contributed by atoms with Crippen molar-refractivity contribution < 1.29 is 27.1 Å². The first kappa shape index (κ1) is 22.9. The van der Waals surface area contributed by atoms with Gasteiger partial charge in [-0.2, -0.15) is 28.4 Å². The summed E-state index contributed by atoms with van der Waals surface area (Å²) in [5.41, 5.74) is -2.51. The van der Waals surface area contributed by atoms with Crippen molar-refractivity contribution >= 4 is 17.0 Å². The van der Waals surface area contributed by atoms with E-state index in [1.165, 1.54) is 24.3 Å². The standard InChI is InChI=1S/C21H19F5N8O/c1-32-19-13(17(31-32)12-6-14(21(24,25)26)16(23)18(35)15(12)22)7-28-20(30-19)34-5-3-2-4-11(34)8-33-10-27-9-29-33/h6-7,9-11,35H,2-5,8H2,1H3. The van der Waals surface area contributed by atoms with Crippen LogP contribution in [-0.4, -0.2) is 52.2 Å². The Morgan fingerprint density at radius 2 is 1.97 bits per heavy atom. The average molecular weight is 494 g/mol. The Kier molecular flexibility index (Phi) is 5.52. The number of aromatic hydroxyl groups is 1. The number of rotatable bonds is 4. The molecule has 14 heteroatoms. The summed E-state index contributed by atoms with van der Waals surface area (Å²) < 4.78 is 71.4. The van der Waals surface area contributed by atoms with Crippen LogP contribution in [0.5, 0.6) is 5.75 Å². The molecular weight excluding hydrogens is 475 g/mol. The molecule has 9 nitrogen and oxygen atoms in total. The molecule has 0 amide bonds.